The highest BCUT2D eigenvalue weighted by atomic mass is 15.2. The highest BCUT2D eigenvalue weighted by molar-refractivity contribution is 6.28. The lowest BCUT2D eigenvalue weighted by Crippen LogP contribution is -2.26. The standard InChI is InChI=1S/C77H48N4/c1-5-21-51(22-6-1)78(67-43-45-71-75-61(67)39-35-49-19-17-33-69(73(49)75)80(71)53-25-9-3-10-26-53)55-37-41-59-60-42-38-56(48-66(60)77(65(59)47-55)63-31-15-13-29-57(63)58-30-14-16-32-64(58)77)79(52-23-7-2-8-24-52)68-44-46-72-76-62(68)40-36-50-20-18-34-70(74(50)76)81(72)54-27-11-4-12-28-54/h1-48H. The van der Waals surface area contributed by atoms with E-state index in [9.17, 15) is 0 Å². The van der Waals surface area contributed by atoms with Crippen LogP contribution in [0.3, 0.4) is 0 Å². The smallest absolute Gasteiger partial charge is 0.0727 e. The first-order valence-electron chi connectivity index (χ1n) is 28.1. The number of para-hydroxylation sites is 4. The van der Waals surface area contributed by atoms with Gasteiger partial charge in [-0.15, -0.1) is 0 Å². The number of fused-ring (bicyclic) bond motifs is 10. The van der Waals surface area contributed by atoms with Crippen molar-refractivity contribution in [2.75, 3.05) is 9.80 Å². The number of benzene rings is 14. The molecule has 0 N–H and O–H groups in total. The fourth-order valence-corrected chi connectivity index (χ4v) is 14.8. The number of rotatable bonds is 8. The minimum atomic E-state index is -0.638. The van der Waals surface area contributed by atoms with E-state index in [1.165, 1.54) is 110 Å². The minimum Gasteiger partial charge on any atom is -0.310 e. The van der Waals surface area contributed by atoms with Crippen LogP contribution in [0, 0.1) is 0 Å². The van der Waals surface area contributed by atoms with Gasteiger partial charge in [-0.05, 0) is 164 Å². The predicted molar refractivity (Wildman–Crippen MR) is 338 cm³/mol. The molecule has 0 atom stereocenters. The summed E-state index contributed by atoms with van der Waals surface area (Å²) in [5.74, 6) is 0. The first-order valence-corrected chi connectivity index (χ1v) is 28.1. The fraction of sp³-hybridized carbons (Fsp3) is 0.0130. The SMILES string of the molecule is c1ccc(N(c2ccc3c(c2)C2(c4ccccc4-c4ccccc42)c2cc(N(c4ccccc4)c4ccc5c6c4ccc4cccc(c46)n5-c4ccccc4)ccc2-3)c2ccc3c4c2ccc2cccc(c24)n3-c2ccccc2)cc1. The zero-order valence-corrected chi connectivity index (χ0v) is 44.0. The lowest BCUT2D eigenvalue weighted by molar-refractivity contribution is 0.793. The van der Waals surface area contributed by atoms with Crippen molar-refractivity contribution in [1.29, 1.82) is 0 Å². The normalized spacial score (nSPS) is 13.0. The zero-order chi connectivity index (χ0) is 52.9. The van der Waals surface area contributed by atoms with E-state index in [1.807, 2.05) is 0 Å². The van der Waals surface area contributed by atoms with Crippen molar-refractivity contribution >= 4 is 99.3 Å². The van der Waals surface area contributed by atoms with Crippen LogP contribution in [0.25, 0.3) is 98.8 Å². The molecule has 0 fully saturated rings. The Kier molecular flexibility index (Phi) is 9.12. The van der Waals surface area contributed by atoms with E-state index < -0.39 is 5.41 Å². The van der Waals surface area contributed by atoms with Gasteiger partial charge in [0.2, 0.25) is 0 Å². The minimum absolute atomic E-state index is 0.638. The molecule has 2 heterocycles. The van der Waals surface area contributed by atoms with E-state index in [2.05, 4.69) is 310 Å². The average molecular weight is 1030 g/mol. The van der Waals surface area contributed by atoms with Crippen molar-refractivity contribution in [2.24, 2.45) is 0 Å². The van der Waals surface area contributed by atoms with Gasteiger partial charge in [0.05, 0.1) is 38.9 Å². The second-order valence-corrected chi connectivity index (χ2v) is 21.9. The molecule has 14 aromatic carbocycles. The summed E-state index contributed by atoms with van der Waals surface area (Å²) in [5.41, 5.74) is 23.4. The molecule has 0 bridgehead atoms. The first-order chi connectivity index (χ1) is 40.2. The van der Waals surface area contributed by atoms with Gasteiger partial charge in [0.1, 0.15) is 0 Å². The molecule has 0 saturated heterocycles. The van der Waals surface area contributed by atoms with Gasteiger partial charge >= 0.3 is 0 Å². The summed E-state index contributed by atoms with van der Waals surface area (Å²) in [4.78, 5) is 5.00. The van der Waals surface area contributed by atoms with Crippen LogP contribution in [0.4, 0.5) is 34.1 Å². The van der Waals surface area contributed by atoms with Crippen molar-refractivity contribution < 1.29 is 0 Å². The van der Waals surface area contributed by atoms with Gasteiger partial charge in [0.15, 0.2) is 0 Å². The van der Waals surface area contributed by atoms with E-state index in [0.29, 0.717) is 0 Å². The Balaban J connectivity index is 0.876. The molecule has 4 nitrogen and oxygen atoms in total. The summed E-state index contributed by atoms with van der Waals surface area (Å²) >= 11 is 0. The Morgan fingerprint density at radius 3 is 1.07 bits per heavy atom. The second-order valence-electron chi connectivity index (χ2n) is 21.9. The van der Waals surface area contributed by atoms with E-state index in [4.69, 9.17) is 0 Å². The summed E-state index contributed by atoms with van der Waals surface area (Å²) < 4.78 is 4.87. The van der Waals surface area contributed by atoms with E-state index in [1.54, 1.807) is 0 Å². The molecular formula is C77H48N4. The van der Waals surface area contributed by atoms with E-state index >= 15 is 0 Å². The van der Waals surface area contributed by atoms with Crippen LogP contribution >= 0.6 is 0 Å². The van der Waals surface area contributed by atoms with Gasteiger partial charge in [-0.3, -0.25) is 0 Å². The maximum absolute atomic E-state index is 2.53. The average Bonchev–Trinajstić information content (AvgIpc) is 3.88. The van der Waals surface area contributed by atoms with Gasteiger partial charge in [0, 0.05) is 66.4 Å². The van der Waals surface area contributed by atoms with Gasteiger partial charge in [-0.1, -0.05) is 182 Å². The molecule has 2 aliphatic rings. The Morgan fingerprint density at radius 2 is 0.630 bits per heavy atom. The number of hydrogen-bond donors (Lipinski definition) is 0. The number of nitrogens with zero attached hydrogens (tertiary/aromatic N) is 4. The van der Waals surface area contributed by atoms with Crippen LogP contribution in [-0.2, 0) is 5.41 Å². The summed E-state index contributed by atoms with van der Waals surface area (Å²) in [6, 6.07) is 109. The number of aromatic nitrogens is 2. The maximum Gasteiger partial charge on any atom is 0.0727 e. The molecule has 4 heteroatoms. The largest absolute Gasteiger partial charge is 0.310 e. The molecule has 376 valence electrons. The molecule has 81 heavy (non-hydrogen) atoms. The molecule has 0 amide bonds. The van der Waals surface area contributed by atoms with Crippen LogP contribution < -0.4 is 9.80 Å². The third-order valence-electron chi connectivity index (χ3n) is 18.0. The van der Waals surface area contributed by atoms with Crippen LogP contribution in [0.2, 0.25) is 0 Å². The number of anilines is 6. The zero-order valence-electron chi connectivity index (χ0n) is 44.0. The van der Waals surface area contributed by atoms with Crippen molar-refractivity contribution in [3.63, 3.8) is 0 Å². The predicted octanol–water partition coefficient (Wildman–Crippen LogP) is 20.3. The Morgan fingerprint density at radius 1 is 0.247 bits per heavy atom. The van der Waals surface area contributed by atoms with Crippen LogP contribution in [0.15, 0.2) is 291 Å². The summed E-state index contributed by atoms with van der Waals surface area (Å²) in [7, 11) is 0. The lowest BCUT2D eigenvalue weighted by atomic mass is 9.70. The third-order valence-corrected chi connectivity index (χ3v) is 18.0. The monoisotopic (exact) mass is 1030 g/mol. The molecule has 2 aromatic heterocycles. The van der Waals surface area contributed by atoms with Gasteiger partial charge in [0.25, 0.3) is 0 Å². The summed E-state index contributed by atoms with van der Waals surface area (Å²) in [5, 5.41) is 10.0. The second kappa shape index (κ2) is 16.7. The first kappa shape index (κ1) is 44.3. The summed E-state index contributed by atoms with van der Waals surface area (Å²) in [6.45, 7) is 0. The topological polar surface area (TPSA) is 16.3 Å². The molecule has 2 aliphatic carbocycles. The number of hydrogen-bond acceptors (Lipinski definition) is 2. The van der Waals surface area contributed by atoms with E-state index in [0.717, 1.165) is 45.5 Å². The molecule has 0 radical (unpaired) electrons. The van der Waals surface area contributed by atoms with Gasteiger partial charge < -0.3 is 18.9 Å². The lowest BCUT2D eigenvalue weighted by Gasteiger charge is -2.33. The third kappa shape index (κ3) is 5.97. The van der Waals surface area contributed by atoms with Crippen molar-refractivity contribution in [3.05, 3.63) is 313 Å². The highest BCUT2D eigenvalue weighted by Gasteiger charge is 2.52. The highest BCUT2D eigenvalue weighted by Crippen LogP contribution is 2.64. The summed E-state index contributed by atoms with van der Waals surface area (Å²) in [6.07, 6.45) is 0. The van der Waals surface area contributed by atoms with Gasteiger partial charge in [-0.2, -0.15) is 0 Å². The van der Waals surface area contributed by atoms with Gasteiger partial charge in [-0.25, -0.2) is 0 Å². The van der Waals surface area contributed by atoms with E-state index in [-0.39, 0.29) is 0 Å². The molecule has 18 rings (SSSR count). The Hall–Kier alpha value is -10.7. The van der Waals surface area contributed by atoms with Crippen LogP contribution in [0.5, 0.6) is 0 Å². The fourth-order valence-electron chi connectivity index (χ4n) is 14.8. The Bertz CT molecular complexity index is 4840. The van der Waals surface area contributed by atoms with Crippen molar-refractivity contribution in [1.82, 2.24) is 9.13 Å². The van der Waals surface area contributed by atoms with Crippen LogP contribution in [0.1, 0.15) is 22.3 Å². The van der Waals surface area contributed by atoms with Crippen molar-refractivity contribution in [2.45, 2.75) is 5.41 Å². The van der Waals surface area contributed by atoms with Crippen LogP contribution in [-0.4, -0.2) is 9.13 Å². The Labute approximate surface area is 468 Å². The molecular weight excluding hydrogens is 981 g/mol. The molecule has 0 aliphatic heterocycles. The quantitative estimate of drug-likeness (QED) is 0.141. The molecule has 1 spiro atoms. The molecule has 16 aromatic rings. The van der Waals surface area contributed by atoms with Crippen molar-refractivity contribution in [3.8, 4) is 33.6 Å². The molecule has 0 saturated carbocycles. The molecule has 0 unspecified atom stereocenters. The maximum atomic E-state index is 2.53.